The molecule has 0 atom stereocenters. The lowest BCUT2D eigenvalue weighted by Crippen LogP contribution is -2.38. The Bertz CT molecular complexity index is 552. The van der Waals surface area contributed by atoms with E-state index < -0.39 is 10.0 Å². The molecule has 1 aliphatic rings. The molecule has 0 radical (unpaired) electrons. The fraction of sp³-hybridized carbons (Fsp3) is 0.600. The first kappa shape index (κ1) is 16.8. The van der Waals surface area contributed by atoms with Crippen LogP contribution in [-0.2, 0) is 22.4 Å². The fourth-order valence-corrected chi connectivity index (χ4v) is 4.94. The van der Waals surface area contributed by atoms with Crippen molar-refractivity contribution in [1.29, 1.82) is 0 Å². The maximum atomic E-state index is 12.2. The normalized spacial score (nSPS) is 23.1. The molecule has 4 nitrogen and oxygen atoms in total. The van der Waals surface area contributed by atoms with Crippen molar-refractivity contribution in [1.82, 2.24) is 4.72 Å². The van der Waals surface area contributed by atoms with Gasteiger partial charge in [-0.1, -0.05) is 24.3 Å². The Morgan fingerprint density at radius 1 is 1.24 bits per heavy atom. The fourth-order valence-electron chi connectivity index (χ4n) is 2.75. The highest BCUT2D eigenvalue weighted by atomic mass is 32.2. The van der Waals surface area contributed by atoms with E-state index in [1.807, 2.05) is 11.8 Å². The van der Waals surface area contributed by atoms with Crippen LogP contribution in [0, 0.1) is 0 Å². The van der Waals surface area contributed by atoms with Gasteiger partial charge < -0.3 is 5.11 Å². The maximum Gasteiger partial charge on any atom is 0.216 e. The van der Waals surface area contributed by atoms with Crippen LogP contribution in [-0.4, -0.2) is 31.1 Å². The summed E-state index contributed by atoms with van der Waals surface area (Å²) in [4.78, 5) is 0. The number of aliphatic hydroxyl groups is 1. The van der Waals surface area contributed by atoms with Gasteiger partial charge in [0.1, 0.15) is 0 Å². The molecule has 1 aromatic carbocycles. The zero-order valence-corrected chi connectivity index (χ0v) is 13.9. The van der Waals surface area contributed by atoms with Crippen LogP contribution in [0.25, 0.3) is 0 Å². The van der Waals surface area contributed by atoms with Crippen LogP contribution in [0.3, 0.4) is 0 Å². The van der Waals surface area contributed by atoms with Gasteiger partial charge in [0.05, 0.1) is 12.4 Å². The van der Waals surface area contributed by atoms with Crippen LogP contribution < -0.4 is 4.72 Å². The van der Waals surface area contributed by atoms with Crippen molar-refractivity contribution in [3.8, 4) is 0 Å². The Hall–Kier alpha value is -0.560. The molecular formula is C15H23NO3S2. The minimum atomic E-state index is -3.32. The van der Waals surface area contributed by atoms with E-state index in [1.165, 1.54) is 0 Å². The molecule has 0 spiro atoms. The highest BCUT2D eigenvalue weighted by Crippen LogP contribution is 2.27. The van der Waals surface area contributed by atoms with E-state index in [1.54, 1.807) is 24.3 Å². The van der Waals surface area contributed by atoms with Crippen LogP contribution in [0.2, 0.25) is 0 Å². The molecule has 0 heterocycles. The summed E-state index contributed by atoms with van der Waals surface area (Å²) >= 11 is 1.87. The Morgan fingerprint density at radius 3 is 2.52 bits per heavy atom. The molecule has 2 rings (SSSR count). The van der Waals surface area contributed by atoms with Gasteiger partial charge in [-0.3, -0.25) is 0 Å². The smallest absolute Gasteiger partial charge is 0.216 e. The molecule has 118 valence electrons. The van der Waals surface area contributed by atoms with Gasteiger partial charge in [-0.15, -0.1) is 0 Å². The minimum Gasteiger partial charge on any atom is -0.392 e. The van der Waals surface area contributed by atoms with E-state index in [2.05, 4.69) is 11.0 Å². The Labute approximate surface area is 131 Å². The predicted octanol–water partition coefficient (Wildman–Crippen LogP) is 2.27. The molecule has 6 heteroatoms. The monoisotopic (exact) mass is 329 g/mol. The molecule has 0 bridgehead atoms. The van der Waals surface area contributed by atoms with Crippen molar-refractivity contribution in [3.63, 3.8) is 0 Å². The SMILES string of the molecule is CSC1CCC(NS(=O)(=O)Cc2cccc(CO)c2)CC1. The standard InChI is InChI=1S/C15H23NO3S2/c1-20-15-7-5-14(6-8-15)16-21(18,19)11-13-4-2-3-12(9-13)10-17/h2-4,9,14-17H,5-8,10-11H2,1H3. The first-order chi connectivity index (χ1) is 10.0. The van der Waals surface area contributed by atoms with Gasteiger partial charge in [0, 0.05) is 11.3 Å². The number of hydrogen-bond donors (Lipinski definition) is 2. The molecule has 0 aromatic heterocycles. The van der Waals surface area contributed by atoms with Crippen LogP contribution in [0.15, 0.2) is 24.3 Å². The number of sulfonamides is 1. The Balaban J connectivity index is 1.93. The highest BCUT2D eigenvalue weighted by molar-refractivity contribution is 7.99. The minimum absolute atomic E-state index is 0.0245. The summed E-state index contributed by atoms with van der Waals surface area (Å²) in [6.45, 7) is -0.0694. The number of aliphatic hydroxyl groups excluding tert-OH is 1. The average Bonchev–Trinajstić information content (AvgIpc) is 2.47. The van der Waals surface area contributed by atoms with Crippen molar-refractivity contribution in [2.45, 2.75) is 49.3 Å². The van der Waals surface area contributed by atoms with Crippen molar-refractivity contribution in [2.75, 3.05) is 6.26 Å². The second-order valence-corrected chi connectivity index (χ2v) is 8.46. The number of thioether (sulfide) groups is 1. The molecule has 0 aliphatic heterocycles. The molecule has 0 amide bonds. The van der Waals surface area contributed by atoms with E-state index in [0.29, 0.717) is 10.8 Å². The number of benzene rings is 1. The molecule has 2 N–H and O–H groups in total. The summed E-state index contributed by atoms with van der Waals surface area (Å²) in [5.74, 6) is -0.0245. The summed E-state index contributed by atoms with van der Waals surface area (Å²) in [6.07, 6.45) is 6.11. The molecule has 0 saturated heterocycles. The predicted molar refractivity (Wildman–Crippen MR) is 87.7 cm³/mol. The van der Waals surface area contributed by atoms with Gasteiger partial charge in [-0.25, -0.2) is 13.1 Å². The summed E-state index contributed by atoms with van der Waals surface area (Å²) in [5, 5.41) is 9.78. The number of rotatable bonds is 6. The Morgan fingerprint density at radius 2 is 1.90 bits per heavy atom. The van der Waals surface area contributed by atoms with E-state index in [4.69, 9.17) is 5.11 Å². The van der Waals surface area contributed by atoms with Crippen LogP contribution in [0.5, 0.6) is 0 Å². The topological polar surface area (TPSA) is 66.4 Å². The van der Waals surface area contributed by atoms with Gasteiger partial charge in [0.15, 0.2) is 0 Å². The number of hydrogen-bond acceptors (Lipinski definition) is 4. The van der Waals surface area contributed by atoms with E-state index in [9.17, 15) is 8.42 Å². The third-order valence-corrected chi connectivity index (χ3v) is 6.43. The van der Waals surface area contributed by atoms with Crippen molar-refractivity contribution in [3.05, 3.63) is 35.4 Å². The first-order valence-corrected chi connectivity index (χ1v) is 10.2. The zero-order chi connectivity index (χ0) is 15.3. The van der Waals surface area contributed by atoms with Gasteiger partial charge in [0.25, 0.3) is 0 Å². The summed E-state index contributed by atoms with van der Waals surface area (Å²) in [6, 6.07) is 7.15. The summed E-state index contributed by atoms with van der Waals surface area (Å²) in [5.41, 5.74) is 1.45. The van der Waals surface area contributed by atoms with Crippen LogP contribution >= 0.6 is 11.8 Å². The van der Waals surface area contributed by atoms with Crippen molar-refractivity contribution in [2.24, 2.45) is 0 Å². The molecular weight excluding hydrogens is 306 g/mol. The van der Waals surface area contributed by atoms with Gasteiger partial charge in [0.2, 0.25) is 10.0 Å². The zero-order valence-electron chi connectivity index (χ0n) is 12.3. The second kappa shape index (κ2) is 7.63. The Kier molecular flexibility index (Phi) is 6.10. The highest BCUT2D eigenvalue weighted by Gasteiger charge is 2.24. The van der Waals surface area contributed by atoms with Gasteiger partial charge in [-0.2, -0.15) is 11.8 Å². The van der Waals surface area contributed by atoms with E-state index in [0.717, 1.165) is 31.2 Å². The van der Waals surface area contributed by atoms with Crippen molar-refractivity contribution >= 4 is 21.8 Å². The van der Waals surface area contributed by atoms with Gasteiger partial charge >= 0.3 is 0 Å². The summed E-state index contributed by atoms with van der Waals surface area (Å²) in [7, 11) is -3.32. The lowest BCUT2D eigenvalue weighted by molar-refractivity contribution is 0.282. The van der Waals surface area contributed by atoms with Gasteiger partial charge in [-0.05, 0) is 43.1 Å². The quantitative estimate of drug-likeness (QED) is 0.840. The molecule has 1 aliphatic carbocycles. The first-order valence-electron chi connectivity index (χ1n) is 7.24. The molecule has 1 saturated carbocycles. The van der Waals surface area contributed by atoms with Crippen molar-refractivity contribution < 1.29 is 13.5 Å². The molecule has 21 heavy (non-hydrogen) atoms. The van der Waals surface area contributed by atoms with E-state index >= 15 is 0 Å². The van der Waals surface area contributed by atoms with Crippen LogP contribution in [0.4, 0.5) is 0 Å². The number of nitrogens with one attached hydrogen (secondary N) is 1. The molecule has 1 fully saturated rings. The average molecular weight is 329 g/mol. The third-order valence-electron chi connectivity index (χ3n) is 3.88. The second-order valence-electron chi connectivity index (χ2n) is 5.56. The lowest BCUT2D eigenvalue weighted by atomic mass is 9.96. The lowest BCUT2D eigenvalue weighted by Gasteiger charge is -2.27. The van der Waals surface area contributed by atoms with E-state index in [-0.39, 0.29) is 18.4 Å². The van der Waals surface area contributed by atoms with Crippen LogP contribution in [0.1, 0.15) is 36.8 Å². The molecule has 1 aromatic rings. The molecule has 0 unspecified atom stereocenters. The third kappa shape index (κ3) is 5.29. The largest absolute Gasteiger partial charge is 0.392 e. The summed E-state index contributed by atoms with van der Waals surface area (Å²) < 4.78 is 27.3. The maximum absolute atomic E-state index is 12.2.